The van der Waals surface area contributed by atoms with Gasteiger partial charge in [0.2, 0.25) is 5.78 Å². The summed E-state index contributed by atoms with van der Waals surface area (Å²) in [5, 5.41) is 0. The summed E-state index contributed by atoms with van der Waals surface area (Å²) in [6, 6.07) is 13.0. The van der Waals surface area contributed by atoms with Gasteiger partial charge in [-0.25, -0.2) is 0 Å². The van der Waals surface area contributed by atoms with E-state index in [1.807, 2.05) is 42.5 Å². The van der Waals surface area contributed by atoms with Gasteiger partial charge in [-0.05, 0) is 64.6 Å². The summed E-state index contributed by atoms with van der Waals surface area (Å²) >= 11 is 2.18. The molecule has 0 saturated carbocycles. The quantitative estimate of drug-likeness (QED) is 0.587. The Morgan fingerprint density at radius 3 is 2.60 bits per heavy atom. The number of ether oxygens (including phenoxy) is 2. The third-order valence-electron chi connectivity index (χ3n) is 3.04. The number of hydrogen-bond donors (Lipinski definition) is 0. The van der Waals surface area contributed by atoms with Crippen molar-refractivity contribution in [1.82, 2.24) is 0 Å². The van der Waals surface area contributed by atoms with Crippen molar-refractivity contribution in [3.63, 3.8) is 0 Å². The lowest BCUT2D eigenvalue weighted by molar-refractivity contribution is 0.101. The lowest BCUT2D eigenvalue weighted by Gasteiger charge is -2.01. The van der Waals surface area contributed by atoms with E-state index in [-0.39, 0.29) is 5.78 Å². The van der Waals surface area contributed by atoms with Crippen LogP contribution in [0.2, 0.25) is 0 Å². The van der Waals surface area contributed by atoms with Crippen LogP contribution in [0.25, 0.3) is 6.08 Å². The topological polar surface area (TPSA) is 35.5 Å². The van der Waals surface area contributed by atoms with Crippen LogP contribution >= 0.6 is 22.6 Å². The molecule has 0 fully saturated rings. The number of methoxy groups -OCH3 is 1. The largest absolute Gasteiger partial charge is 0.497 e. The van der Waals surface area contributed by atoms with E-state index < -0.39 is 0 Å². The highest BCUT2D eigenvalue weighted by molar-refractivity contribution is 14.1. The second-order valence-corrected chi connectivity index (χ2v) is 5.60. The van der Waals surface area contributed by atoms with E-state index in [0.29, 0.717) is 17.1 Å². The maximum Gasteiger partial charge on any atom is 0.232 e. The van der Waals surface area contributed by atoms with Gasteiger partial charge in [-0.15, -0.1) is 0 Å². The summed E-state index contributed by atoms with van der Waals surface area (Å²) in [6.45, 7) is 0. The Bertz CT molecular complexity index is 702. The molecule has 0 bridgehead atoms. The second kappa shape index (κ2) is 5.28. The Morgan fingerprint density at radius 2 is 1.90 bits per heavy atom. The van der Waals surface area contributed by atoms with E-state index in [2.05, 4.69) is 22.6 Å². The molecule has 0 amide bonds. The molecule has 20 heavy (non-hydrogen) atoms. The van der Waals surface area contributed by atoms with Gasteiger partial charge < -0.3 is 9.47 Å². The Morgan fingerprint density at radius 1 is 1.15 bits per heavy atom. The molecule has 0 aromatic heterocycles. The van der Waals surface area contributed by atoms with E-state index in [9.17, 15) is 4.79 Å². The van der Waals surface area contributed by atoms with E-state index >= 15 is 0 Å². The number of hydrogen-bond acceptors (Lipinski definition) is 3. The van der Waals surface area contributed by atoms with Crippen LogP contribution in [0.5, 0.6) is 11.5 Å². The van der Waals surface area contributed by atoms with E-state index in [4.69, 9.17) is 9.47 Å². The maximum atomic E-state index is 12.3. The van der Waals surface area contributed by atoms with E-state index in [1.54, 1.807) is 13.2 Å². The van der Waals surface area contributed by atoms with Crippen LogP contribution in [-0.2, 0) is 0 Å². The Hall–Kier alpha value is -1.82. The number of allylic oxidation sites excluding steroid dienone is 1. The molecule has 0 aliphatic carbocycles. The van der Waals surface area contributed by atoms with Crippen molar-refractivity contribution in [2.45, 2.75) is 0 Å². The fourth-order valence-corrected chi connectivity index (χ4v) is 2.50. The smallest absolute Gasteiger partial charge is 0.232 e. The standard InChI is InChI=1S/C16H11IO3/c1-19-12-5-2-10(3-6-12)8-15-16(18)13-9-11(17)4-7-14(13)20-15/h2-9H,1H3/b15-8-. The van der Waals surface area contributed by atoms with Crippen LogP contribution in [0.15, 0.2) is 48.2 Å². The zero-order chi connectivity index (χ0) is 14.1. The van der Waals surface area contributed by atoms with E-state index in [0.717, 1.165) is 14.9 Å². The number of ketones is 1. The molecule has 4 heteroatoms. The molecule has 3 nitrogen and oxygen atoms in total. The Labute approximate surface area is 130 Å². The van der Waals surface area contributed by atoms with Gasteiger partial charge in [0, 0.05) is 3.57 Å². The summed E-state index contributed by atoms with van der Waals surface area (Å²) in [5.41, 5.74) is 1.52. The third-order valence-corrected chi connectivity index (χ3v) is 3.71. The summed E-state index contributed by atoms with van der Waals surface area (Å²) in [6.07, 6.45) is 1.74. The van der Waals surface area contributed by atoms with Crippen molar-refractivity contribution in [2.75, 3.05) is 7.11 Å². The zero-order valence-corrected chi connectivity index (χ0v) is 12.9. The van der Waals surface area contributed by atoms with Crippen LogP contribution in [0.3, 0.4) is 0 Å². The maximum absolute atomic E-state index is 12.3. The fourth-order valence-electron chi connectivity index (χ4n) is 2.01. The average Bonchev–Trinajstić information content (AvgIpc) is 2.76. The highest BCUT2D eigenvalue weighted by Crippen LogP contribution is 2.32. The molecule has 0 spiro atoms. The molecule has 100 valence electrons. The van der Waals surface area contributed by atoms with Crippen molar-refractivity contribution >= 4 is 34.5 Å². The van der Waals surface area contributed by atoms with E-state index in [1.165, 1.54) is 0 Å². The van der Waals surface area contributed by atoms with Gasteiger partial charge in [0.1, 0.15) is 11.5 Å². The molecule has 1 aliphatic heterocycles. The SMILES string of the molecule is COc1ccc(/C=C2\Oc3ccc(I)cc3C2=O)cc1. The summed E-state index contributed by atoms with van der Waals surface area (Å²) in [4.78, 5) is 12.3. The van der Waals surface area contributed by atoms with Crippen molar-refractivity contribution < 1.29 is 14.3 Å². The molecule has 3 rings (SSSR count). The first-order valence-corrected chi connectivity index (χ1v) is 7.13. The lowest BCUT2D eigenvalue weighted by atomic mass is 10.1. The predicted molar refractivity (Wildman–Crippen MR) is 85.1 cm³/mol. The van der Waals surface area contributed by atoms with Crippen molar-refractivity contribution in [3.8, 4) is 11.5 Å². The molecular weight excluding hydrogens is 367 g/mol. The van der Waals surface area contributed by atoms with Crippen LogP contribution in [-0.4, -0.2) is 12.9 Å². The summed E-state index contributed by atoms with van der Waals surface area (Å²) in [5.74, 6) is 1.68. The van der Waals surface area contributed by atoms with Crippen LogP contribution < -0.4 is 9.47 Å². The molecular formula is C16H11IO3. The minimum atomic E-state index is -0.0747. The number of halogens is 1. The van der Waals surface area contributed by atoms with Gasteiger partial charge >= 0.3 is 0 Å². The summed E-state index contributed by atoms with van der Waals surface area (Å²) in [7, 11) is 1.62. The second-order valence-electron chi connectivity index (χ2n) is 4.35. The predicted octanol–water partition coefficient (Wildman–Crippen LogP) is 3.92. The van der Waals surface area contributed by atoms with Crippen LogP contribution in [0, 0.1) is 3.57 Å². The first kappa shape index (κ1) is 13.2. The molecule has 2 aromatic carbocycles. The molecule has 0 radical (unpaired) electrons. The van der Waals surface area contributed by atoms with Crippen molar-refractivity contribution in [3.05, 3.63) is 62.9 Å². The number of benzene rings is 2. The molecule has 0 unspecified atom stereocenters. The lowest BCUT2D eigenvalue weighted by Crippen LogP contribution is -1.98. The summed E-state index contributed by atoms with van der Waals surface area (Å²) < 4.78 is 11.7. The van der Waals surface area contributed by atoms with Gasteiger partial charge in [-0.1, -0.05) is 12.1 Å². The van der Waals surface area contributed by atoms with Gasteiger partial charge in [-0.2, -0.15) is 0 Å². The third kappa shape index (κ3) is 2.43. The number of carbonyl (C=O) groups excluding carboxylic acids is 1. The van der Waals surface area contributed by atoms with Gasteiger partial charge in [0.05, 0.1) is 12.7 Å². The Balaban J connectivity index is 1.92. The van der Waals surface area contributed by atoms with Crippen LogP contribution in [0.1, 0.15) is 15.9 Å². The molecule has 1 aliphatic rings. The first-order chi connectivity index (χ1) is 9.67. The van der Waals surface area contributed by atoms with Crippen LogP contribution in [0.4, 0.5) is 0 Å². The highest BCUT2D eigenvalue weighted by Gasteiger charge is 2.27. The molecule has 0 atom stereocenters. The van der Waals surface area contributed by atoms with Gasteiger partial charge in [-0.3, -0.25) is 4.79 Å². The minimum Gasteiger partial charge on any atom is -0.497 e. The Kier molecular flexibility index (Phi) is 3.48. The fraction of sp³-hybridized carbons (Fsp3) is 0.0625. The number of carbonyl (C=O) groups is 1. The first-order valence-electron chi connectivity index (χ1n) is 6.05. The zero-order valence-electron chi connectivity index (χ0n) is 10.7. The number of Topliss-reactive ketones (excluding diaryl/α,β-unsaturated/α-hetero) is 1. The average molecular weight is 378 g/mol. The number of fused-ring (bicyclic) bond motifs is 1. The van der Waals surface area contributed by atoms with Gasteiger partial charge in [0.15, 0.2) is 5.76 Å². The molecule has 0 N–H and O–H groups in total. The van der Waals surface area contributed by atoms with Crippen molar-refractivity contribution in [1.29, 1.82) is 0 Å². The highest BCUT2D eigenvalue weighted by atomic mass is 127. The monoisotopic (exact) mass is 378 g/mol. The molecule has 2 aromatic rings. The molecule has 0 saturated heterocycles. The number of rotatable bonds is 2. The minimum absolute atomic E-state index is 0.0747. The normalized spacial score (nSPS) is 15.1. The van der Waals surface area contributed by atoms with Gasteiger partial charge in [0.25, 0.3) is 0 Å². The van der Waals surface area contributed by atoms with Crippen molar-refractivity contribution in [2.24, 2.45) is 0 Å². The molecule has 1 heterocycles.